The fourth-order valence-electron chi connectivity index (χ4n) is 5.10. The first-order valence-electron chi connectivity index (χ1n) is 14.4. The van der Waals surface area contributed by atoms with Crippen LogP contribution in [0.1, 0.15) is 61.3 Å². The molecule has 2 bridgehead atoms. The van der Waals surface area contributed by atoms with Gasteiger partial charge in [-0.05, 0) is 59.0 Å². The molecule has 1 aliphatic heterocycles. The van der Waals surface area contributed by atoms with Crippen molar-refractivity contribution in [2.45, 2.75) is 91.3 Å². The molecule has 1 heterocycles. The molecule has 2 aliphatic rings. The lowest BCUT2D eigenvalue weighted by Gasteiger charge is -2.31. The average Bonchev–Trinajstić information content (AvgIpc) is 2.91. The summed E-state index contributed by atoms with van der Waals surface area (Å²) in [6.45, 7) is 12.7. The predicted molar refractivity (Wildman–Crippen MR) is 162 cm³/mol. The van der Waals surface area contributed by atoms with Gasteiger partial charge in [-0.2, -0.15) is 0 Å². The minimum absolute atomic E-state index is 0.118. The number of hydrogen-bond acceptors (Lipinski definition) is 9. The molecule has 0 unspecified atom stereocenters. The lowest BCUT2D eigenvalue weighted by atomic mass is 9.84. The van der Waals surface area contributed by atoms with Crippen molar-refractivity contribution in [3.05, 3.63) is 58.5 Å². The first-order chi connectivity index (χ1) is 20.0. The maximum atomic E-state index is 13.7. The standard InChI is InChI=1S/C32H47N3O8/c1-17-13-21-26(35-32(5,6)7)23(36)16-22(28(21)38)34-30(39)18(2)11-10-12-24(41-8)29(43-31(33)40)20(4)15-19(3)27(37)25(14-17)42-9/h10-12,15-17,19,24-25,27,29,35,37H,13-14H2,1-9H3,(H2,33,40)(H,34,39)/b12-10-,18-11+,20-15+/t17-,19+,24+,25+,27-,29+/m1/s1. The summed E-state index contributed by atoms with van der Waals surface area (Å²) >= 11 is 0. The number of ketones is 2. The number of nitrogens with one attached hydrogen (secondary N) is 2. The number of allylic oxidation sites excluding steroid dienone is 4. The van der Waals surface area contributed by atoms with Crippen LogP contribution in [0.3, 0.4) is 0 Å². The van der Waals surface area contributed by atoms with Crippen molar-refractivity contribution in [1.29, 1.82) is 0 Å². The van der Waals surface area contributed by atoms with Crippen LogP contribution in [0.4, 0.5) is 4.79 Å². The Balaban J connectivity index is 2.65. The molecular formula is C32H47N3O8. The Labute approximate surface area is 254 Å². The van der Waals surface area contributed by atoms with Gasteiger partial charge in [0.05, 0.1) is 23.6 Å². The van der Waals surface area contributed by atoms with E-state index >= 15 is 0 Å². The average molecular weight is 602 g/mol. The Bertz CT molecular complexity index is 1240. The van der Waals surface area contributed by atoms with Crippen LogP contribution in [0.5, 0.6) is 0 Å². The van der Waals surface area contributed by atoms with E-state index in [9.17, 15) is 24.3 Å². The van der Waals surface area contributed by atoms with Crippen LogP contribution in [0.2, 0.25) is 0 Å². The molecule has 5 N–H and O–H groups in total. The van der Waals surface area contributed by atoms with Gasteiger partial charge in [0.25, 0.3) is 5.91 Å². The van der Waals surface area contributed by atoms with Gasteiger partial charge in [-0.15, -0.1) is 0 Å². The predicted octanol–water partition coefficient (Wildman–Crippen LogP) is 3.15. The van der Waals surface area contributed by atoms with E-state index < -0.39 is 59.4 Å². The summed E-state index contributed by atoms with van der Waals surface area (Å²) < 4.78 is 16.6. The molecular weight excluding hydrogens is 554 g/mol. The number of primary amides is 1. The number of carbonyl (C=O) groups excluding carboxylic acids is 4. The topological polar surface area (TPSA) is 166 Å². The number of aliphatic hydroxyl groups excluding tert-OH is 1. The molecule has 2 rings (SSSR count). The Morgan fingerprint density at radius 2 is 1.77 bits per heavy atom. The van der Waals surface area contributed by atoms with Crippen LogP contribution in [-0.4, -0.2) is 72.8 Å². The highest BCUT2D eigenvalue weighted by Gasteiger charge is 2.34. The van der Waals surface area contributed by atoms with Gasteiger partial charge in [-0.3, -0.25) is 14.4 Å². The molecule has 2 amide bonds. The second-order valence-electron chi connectivity index (χ2n) is 12.3. The third-order valence-electron chi connectivity index (χ3n) is 7.29. The van der Waals surface area contributed by atoms with E-state index in [0.29, 0.717) is 12.0 Å². The maximum Gasteiger partial charge on any atom is 0.405 e. The fraction of sp³-hybridized carbons (Fsp3) is 0.562. The number of amides is 2. The number of aliphatic hydroxyl groups is 1. The van der Waals surface area contributed by atoms with Gasteiger partial charge < -0.3 is 35.7 Å². The normalized spacial score (nSPS) is 31.7. The van der Waals surface area contributed by atoms with Crippen molar-refractivity contribution < 1.29 is 38.5 Å². The highest BCUT2D eigenvalue weighted by molar-refractivity contribution is 6.23. The highest BCUT2D eigenvalue weighted by Crippen LogP contribution is 2.29. The monoisotopic (exact) mass is 601 g/mol. The van der Waals surface area contributed by atoms with E-state index in [2.05, 4.69) is 10.6 Å². The third-order valence-corrected chi connectivity index (χ3v) is 7.29. The smallest absolute Gasteiger partial charge is 0.405 e. The molecule has 0 fully saturated rings. The zero-order valence-electron chi connectivity index (χ0n) is 26.6. The summed E-state index contributed by atoms with van der Waals surface area (Å²) in [5, 5.41) is 17.0. The van der Waals surface area contributed by atoms with Gasteiger partial charge in [0.1, 0.15) is 6.10 Å². The van der Waals surface area contributed by atoms with E-state index in [-0.39, 0.29) is 34.9 Å². The molecule has 0 saturated heterocycles. The lowest BCUT2D eigenvalue weighted by molar-refractivity contribution is -0.120. The summed E-state index contributed by atoms with van der Waals surface area (Å²) in [6.07, 6.45) is 3.86. The van der Waals surface area contributed by atoms with Gasteiger partial charge in [0.2, 0.25) is 11.6 Å². The first kappa shape index (κ1) is 35.7. The van der Waals surface area contributed by atoms with E-state index in [4.69, 9.17) is 19.9 Å². The zero-order chi connectivity index (χ0) is 32.6. The Kier molecular flexibility index (Phi) is 12.7. The van der Waals surface area contributed by atoms with Crippen molar-refractivity contribution in [3.8, 4) is 0 Å². The lowest BCUT2D eigenvalue weighted by Crippen LogP contribution is -2.42. The van der Waals surface area contributed by atoms with Gasteiger partial charge >= 0.3 is 6.09 Å². The molecule has 0 radical (unpaired) electrons. The van der Waals surface area contributed by atoms with E-state index in [1.807, 2.05) is 34.6 Å². The molecule has 0 aromatic carbocycles. The summed E-state index contributed by atoms with van der Waals surface area (Å²) in [7, 11) is 2.93. The molecule has 0 saturated carbocycles. The SMILES string of the molecule is CO[C@H]1/C=C\C=C(/C)C(=O)NC2=CC(=O)C(NC(C)(C)C)=C(C[C@@H](C)C[C@H](OC)[C@H](O)[C@@H](C)/C=C(\C)[C@@H]1OC(N)=O)C2=O. The van der Waals surface area contributed by atoms with E-state index in [0.717, 1.165) is 6.08 Å². The van der Waals surface area contributed by atoms with Crippen LogP contribution < -0.4 is 16.4 Å². The third kappa shape index (κ3) is 10.0. The molecule has 0 aromatic rings. The number of fused-ring (bicyclic) bond motifs is 2. The summed E-state index contributed by atoms with van der Waals surface area (Å²) in [5.41, 5.74) is 6.02. The number of methoxy groups -OCH3 is 2. The number of carbonyl (C=O) groups is 4. The molecule has 6 atom stereocenters. The van der Waals surface area contributed by atoms with E-state index in [1.165, 1.54) is 20.3 Å². The molecule has 43 heavy (non-hydrogen) atoms. The quantitative estimate of drug-likeness (QED) is 0.280. The molecule has 238 valence electrons. The Morgan fingerprint density at radius 3 is 2.33 bits per heavy atom. The molecule has 0 spiro atoms. The van der Waals surface area contributed by atoms with Gasteiger partial charge in [-0.1, -0.05) is 38.2 Å². The van der Waals surface area contributed by atoms with Crippen LogP contribution >= 0.6 is 0 Å². The summed E-state index contributed by atoms with van der Waals surface area (Å²) in [6, 6.07) is 0. The van der Waals surface area contributed by atoms with Crippen molar-refractivity contribution >= 4 is 23.6 Å². The summed E-state index contributed by atoms with van der Waals surface area (Å²) in [4.78, 5) is 51.7. The van der Waals surface area contributed by atoms with Crippen LogP contribution in [0.15, 0.2) is 58.5 Å². The molecule has 1 aliphatic carbocycles. The second kappa shape index (κ2) is 15.3. The van der Waals surface area contributed by atoms with Crippen LogP contribution in [0.25, 0.3) is 0 Å². The summed E-state index contributed by atoms with van der Waals surface area (Å²) in [5.74, 6) is -2.08. The van der Waals surface area contributed by atoms with Crippen molar-refractivity contribution in [2.75, 3.05) is 14.2 Å². The van der Waals surface area contributed by atoms with Gasteiger partial charge in [-0.25, -0.2) is 4.79 Å². The van der Waals surface area contributed by atoms with Crippen molar-refractivity contribution in [2.24, 2.45) is 17.6 Å². The Hall–Kier alpha value is -3.54. The molecule has 0 aromatic heterocycles. The van der Waals surface area contributed by atoms with Crippen molar-refractivity contribution in [1.82, 2.24) is 10.6 Å². The fourth-order valence-corrected chi connectivity index (χ4v) is 5.10. The first-order valence-corrected chi connectivity index (χ1v) is 14.4. The van der Waals surface area contributed by atoms with Crippen LogP contribution in [0, 0.1) is 11.8 Å². The van der Waals surface area contributed by atoms with Gasteiger partial charge in [0.15, 0.2) is 6.10 Å². The van der Waals surface area contributed by atoms with Gasteiger partial charge in [0, 0.05) is 42.9 Å². The molecule has 11 heteroatoms. The second-order valence-corrected chi connectivity index (χ2v) is 12.3. The maximum absolute atomic E-state index is 13.7. The van der Waals surface area contributed by atoms with E-state index in [1.54, 1.807) is 32.1 Å². The highest BCUT2D eigenvalue weighted by atomic mass is 16.6. The van der Waals surface area contributed by atoms with Crippen molar-refractivity contribution in [3.63, 3.8) is 0 Å². The minimum Gasteiger partial charge on any atom is -0.439 e. The number of Topliss-reactive ketones (excluding diaryl/α,β-unsaturated/α-hetero) is 1. The largest absolute Gasteiger partial charge is 0.439 e. The zero-order valence-corrected chi connectivity index (χ0v) is 26.6. The number of hydrogen-bond donors (Lipinski definition) is 4. The van der Waals surface area contributed by atoms with Crippen LogP contribution in [-0.2, 0) is 28.6 Å². The molecule has 11 nitrogen and oxygen atoms in total. The number of rotatable bonds is 4. The number of ether oxygens (including phenoxy) is 3. The Morgan fingerprint density at radius 1 is 1.12 bits per heavy atom. The minimum atomic E-state index is -0.997. The number of nitrogens with two attached hydrogens (primary N) is 1.